The molecule has 0 amide bonds. The maximum atomic E-state index is 5.97. The van der Waals surface area contributed by atoms with E-state index in [1.54, 1.807) is 6.20 Å². The molecule has 3 nitrogen and oxygen atoms in total. The zero-order valence-corrected chi connectivity index (χ0v) is 10.4. The molecule has 0 aliphatic carbocycles. The molecule has 2 N–H and O–H groups in total. The van der Waals surface area contributed by atoms with Crippen molar-refractivity contribution < 1.29 is 0 Å². The van der Waals surface area contributed by atoms with Crippen molar-refractivity contribution in [2.45, 2.75) is 20.8 Å². The molecule has 0 unspecified atom stereocenters. The number of nitrogens with zero attached hydrogens (tertiary/aromatic N) is 2. The van der Waals surface area contributed by atoms with Crippen LogP contribution in [0.1, 0.15) is 20.8 Å². The van der Waals surface area contributed by atoms with Crippen LogP contribution in [0.15, 0.2) is 18.5 Å². The number of pyridine rings is 1. The van der Waals surface area contributed by atoms with Crippen LogP contribution < -0.4 is 10.6 Å². The Kier molecular flexibility index (Phi) is 3.03. The van der Waals surface area contributed by atoms with E-state index in [0.717, 1.165) is 42.2 Å². The van der Waals surface area contributed by atoms with Gasteiger partial charge >= 0.3 is 0 Å². The molecule has 2 heterocycles. The Bertz CT molecular complexity index is 352. The predicted molar refractivity (Wildman–Crippen MR) is 68.4 cm³/mol. The van der Waals surface area contributed by atoms with Gasteiger partial charge in [-0.1, -0.05) is 20.8 Å². The van der Waals surface area contributed by atoms with E-state index < -0.39 is 0 Å². The van der Waals surface area contributed by atoms with Crippen molar-refractivity contribution in [2.24, 2.45) is 17.8 Å². The fraction of sp³-hybridized carbons (Fsp3) is 0.615. The summed E-state index contributed by atoms with van der Waals surface area (Å²) in [7, 11) is 0. The lowest BCUT2D eigenvalue weighted by Crippen LogP contribution is -2.43. The highest BCUT2D eigenvalue weighted by Crippen LogP contribution is 2.32. The Morgan fingerprint density at radius 3 is 2.44 bits per heavy atom. The van der Waals surface area contributed by atoms with Crippen molar-refractivity contribution in [1.29, 1.82) is 0 Å². The van der Waals surface area contributed by atoms with Gasteiger partial charge in [0.15, 0.2) is 0 Å². The third kappa shape index (κ3) is 1.99. The third-order valence-corrected chi connectivity index (χ3v) is 3.98. The second-order valence-corrected chi connectivity index (χ2v) is 5.15. The van der Waals surface area contributed by atoms with E-state index >= 15 is 0 Å². The molecule has 2 rings (SSSR count). The minimum absolute atomic E-state index is 0.719. The summed E-state index contributed by atoms with van der Waals surface area (Å²) in [4.78, 5) is 6.44. The topological polar surface area (TPSA) is 42.2 Å². The number of nitrogen functional groups attached to an aromatic ring is 1. The SMILES string of the molecule is C[C@H]1[C@H](C)CN(c2ccncc2N)C[C@@H]1C. The van der Waals surface area contributed by atoms with Gasteiger partial charge in [-0.3, -0.25) is 4.98 Å². The van der Waals surface area contributed by atoms with Gasteiger partial charge in [-0.25, -0.2) is 0 Å². The molecule has 1 aromatic rings. The van der Waals surface area contributed by atoms with Gasteiger partial charge < -0.3 is 10.6 Å². The van der Waals surface area contributed by atoms with Crippen LogP contribution in [-0.2, 0) is 0 Å². The average molecular weight is 219 g/mol. The van der Waals surface area contributed by atoms with Gasteiger partial charge in [0.1, 0.15) is 0 Å². The van der Waals surface area contributed by atoms with Crippen LogP contribution in [0.2, 0.25) is 0 Å². The number of hydrogen-bond acceptors (Lipinski definition) is 3. The Hall–Kier alpha value is -1.25. The molecule has 88 valence electrons. The second kappa shape index (κ2) is 4.32. The number of hydrogen-bond donors (Lipinski definition) is 1. The monoisotopic (exact) mass is 219 g/mol. The maximum Gasteiger partial charge on any atom is 0.0738 e. The summed E-state index contributed by atoms with van der Waals surface area (Å²) in [5, 5.41) is 0. The molecule has 1 aromatic heterocycles. The van der Waals surface area contributed by atoms with Crippen LogP contribution in [0.4, 0.5) is 11.4 Å². The molecule has 16 heavy (non-hydrogen) atoms. The molecule has 1 aliphatic rings. The quantitative estimate of drug-likeness (QED) is 0.788. The van der Waals surface area contributed by atoms with Gasteiger partial charge in [0.25, 0.3) is 0 Å². The first-order valence-corrected chi connectivity index (χ1v) is 6.04. The second-order valence-electron chi connectivity index (χ2n) is 5.15. The molecule has 0 saturated carbocycles. The van der Waals surface area contributed by atoms with Crippen molar-refractivity contribution in [1.82, 2.24) is 4.98 Å². The molecule has 0 spiro atoms. The van der Waals surface area contributed by atoms with Crippen LogP contribution in [0.25, 0.3) is 0 Å². The molecule has 3 heteroatoms. The molecule has 0 aromatic carbocycles. The summed E-state index contributed by atoms with van der Waals surface area (Å²) in [5.41, 5.74) is 7.90. The first-order chi connectivity index (χ1) is 7.59. The molecular formula is C13H21N3. The smallest absolute Gasteiger partial charge is 0.0738 e. The van der Waals surface area contributed by atoms with Crippen LogP contribution in [-0.4, -0.2) is 18.1 Å². The Balaban J connectivity index is 2.20. The lowest BCUT2D eigenvalue weighted by atomic mass is 9.81. The highest BCUT2D eigenvalue weighted by atomic mass is 15.2. The van der Waals surface area contributed by atoms with Crippen LogP contribution in [0, 0.1) is 17.8 Å². The van der Waals surface area contributed by atoms with E-state index in [1.165, 1.54) is 0 Å². The molecular weight excluding hydrogens is 198 g/mol. The van der Waals surface area contributed by atoms with Crippen molar-refractivity contribution >= 4 is 11.4 Å². The van der Waals surface area contributed by atoms with Crippen molar-refractivity contribution in [2.75, 3.05) is 23.7 Å². The molecule has 1 fully saturated rings. The summed E-state index contributed by atoms with van der Waals surface area (Å²) >= 11 is 0. The van der Waals surface area contributed by atoms with Gasteiger partial charge in [0, 0.05) is 19.3 Å². The first-order valence-electron chi connectivity index (χ1n) is 6.04. The fourth-order valence-corrected chi connectivity index (χ4v) is 2.55. The maximum absolute atomic E-state index is 5.97. The zero-order valence-electron chi connectivity index (χ0n) is 10.4. The minimum atomic E-state index is 0.719. The highest BCUT2D eigenvalue weighted by Gasteiger charge is 2.29. The summed E-state index contributed by atoms with van der Waals surface area (Å²) in [5.74, 6) is 2.23. The number of piperidine rings is 1. The summed E-state index contributed by atoms with van der Waals surface area (Å²) < 4.78 is 0. The summed E-state index contributed by atoms with van der Waals surface area (Å²) in [6.07, 6.45) is 3.56. The van der Waals surface area contributed by atoms with E-state index in [9.17, 15) is 0 Å². The molecule has 3 atom stereocenters. The molecule has 0 radical (unpaired) electrons. The van der Waals surface area contributed by atoms with E-state index in [2.05, 4.69) is 30.7 Å². The Morgan fingerprint density at radius 1 is 1.25 bits per heavy atom. The van der Waals surface area contributed by atoms with Crippen molar-refractivity contribution in [3.8, 4) is 0 Å². The Morgan fingerprint density at radius 2 is 1.88 bits per heavy atom. The average Bonchev–Trinajstić information content (AvgIpc) is 2.26. The van der Waals surface area contributed by atoms with Crippen molar-refractivity contribution in [3.63, 3.8) is 0 Å². The van der Waals surface area contributed by atoms with E-state index in [4.69, 9.17) is 5.73 Å². The predicted octanol–water partition coefficient (Wildman–Crippen LogP) is 2.39. The van der Waals surface area contributed by atoms with Crippen LogP contribution in [0.5, 0.6) is 0 Å². The van der Waals surface area contributed by atoms with Gasteiger partial charge in [-0.05, 0) is 23.8 Å². The van der Waals surface area contributed by atoms with E-state index in [0.29, 0.717) is 0 Å². The highest BCUT2D eigenvalue weighted by molar-refractivity contribution is 5.66. The van der Waals surface area contributed by atoms with Crippen LogP contribution in [0.3, 0.4) is 0 Å². The Labute approximate surface area is 97.7 Å². The fourth-order valence-electron chi connectivity index (χ4n) is 2.55. The van der Waals surface area contributed by atoms with E-state index in [1.807, 2.05) is 12.3 Å². The first kappa shape index (κ1) is 11.2. The minimum Gasteiger partial charge on any atom is -0.396 e. The van der Waals surface area contributed by atoms with Gasteiger partial charge in [0.05, 0.1) is 17.6 Å². The molecule has 1 saturated heterocycles. The van der Waals surface area contributed by atoms with Crippen LogP contribution >= 0.6 is 0 Å². The largest absolute Gasteiger partial charge is 0.396 e. The number of aromatic nitrogens is 1. The number of rotatable bonds is 1. The standard InChI is InChI=1S/C13H21N3/c1-9-7-16(8-10(2)11(9)3)13-4-5-15-6-12(13)14/h4-6,9-11H,7-8,14H2,1-3H3/t9-,10+,11+. The lowest BCUT2D eigenvalue weighted by Gasteiger charge is -2.41. The van der Waals surface area contributed by atoms with Gasteiger partial charge in [0.2, 0.25) is 0 Å². The molecule has 1 aliphatic heterocycles. The van der Waals surface area contributed by atoms with Gasteiger partial charge in [-0.15, -0.1) is 0 Å². The number of anilines is 2. The number of nitrogens with two attached hydrogens (primary N) is 1. The van der Waals surface area contributed by atoms with Gasteiger partial charge in [-0.2, -0.15) is 0 Å². The molecule has 0 bridgehead atoms. The summed E-state index contributed by atoms with van der Waals surface area (Å²) in [6.45, 7) is 9.19. The normalized spacial score (nSPS) is 30.4. The summed E-state index contributed by atoms with van der Waals surface area (Å²) in [6, 6.07) is 2.02. The third-order valence-electron chi connectivity index (χ3n) is 3.98. The van der Waals surface area contributed by atoms with Crippen molar-refractivity contribution in [3.05, 3.63) is 18.5 Å². The zero-order chi connectivity index (χ0) is 11.7. The van der Waals surface area contributed by atoms with E-state index in [-0.39, 0.29) is 0 Å². The lowest BCUT2D eigenvalue weighted by molar-refractivity contribution is 0.241.